The molecule has 134 valence electrons. The largest absolute Gasteiger partial charge is 0.262 e. The summed E-state index contributed by atoms with van der Waals surface area (Å²) < 4.78 is 3.92. The lowest BCUT2D eigenvalue weighted by molar-refractivity contribution is 0.752. The van der Waals surface area contributed by atoms with E-state index in [2.05, 4.69) is 36.1 Å². The summed E-state index contributed by atoms with van der Waals surface area (Å²) in [5, 5.41) is 14.3. The molecule has 26 heavy (non-hydrogen) atoms. The third-order valence-electron chi connectivity index (χ3n) is 4.53. The maximum Gasteiger partial charge on any atom is 0.190 e. The predicted molar refractivity (Wildman–Crippen MR) is 104 cm³/mol. The smallest absolute Gasteiger partial charge is 0.190 e. The molecule has 3 aromatic heterocycles. The van der Waals surface area contributed by atoms with Crippen molar-refractivity contribution in [3.05, 3.63) is 40.8 Å². The molecule has 1 aromatic carbocycles. The van der Waals surface area contributed by atoms with Crippen molar-refractivity contribution in [2.45, 2.75) is 39.5 Å². The fourth-order valence-corrected chi connectivity index (χ4v) is 3.45. The maximum atomic E-state index is 6.08. The van der Waals surface area contributed by atoms with Gasteiger partial charge >= 0.3 is 0 Å². The Kier molecular flexibility index (Phi) is 4.15. The Morgan fingerprint density at radius 1 is 1.12 bits per heavy atom. The molecular weight excluding hydrogens is 348 g/mol. The highest BCUT2D eigenvalue weighted by Crippen LogP contribution is 2.30. The Morgan fingerprint density at radius 3 is 2.50 bits per heavy atom. The summed E-state index contributed by atoms with van der Waals surface area (Å²) in [5.41, 5.74) is 4.59. The van der Waals surface area contributed by atoms with Gasteiger partial charge in [-0.1, -0.05) is 38.8 Å². The first-order chi connectivity index (χ1) is 12.5. The highest BCUT2D eigenvalue weighted by atomic mass is 35.5. The number of rotatable bonds is 4. The molecule has 0 aliphatic heterocycles. The van der Waals surface area contributed by atoms with Gasteiger partial charge in [0.15, 0.2) is 5.65 Å². The molecule has 0 saturated carbocycles. The fourth-order valence-electron chi connectivity index (χ4n) is 3.32. The Bertz CT molecular complexity index is 1090. The van der Waals surface area contributed by atoms with Gasteiger partial charge in [0.2, 0.25) is 0 Å². The monoisotopic (exact) mass is 368 g/mol. The molecule has 0 aliphatic rings. The molecule has 7 heteroatoms. The van der Waals surface area contributed by atoms with E-state index in [-0.39, 0.29) is 5.92 Å². The summed E-state index contributed by atoms with van der Waals surface area (Å²) in [6, 6.07) is 7.72. The zero-order valence-electron chi connectivity index (χ0n) is 15.4. The number of benzene rings is 1. The molecule has 4 rings (SSSR count). The third kappa shape index (κ3) is 2.56. The van der Waals surface area contributed by atoms with E-state index < -0.39 is 0 Å². The molecule has 0 aliphatic carbocycles. The zero-order valence-corrected chi connectivity index (χ0v) is 16.1. The van der Waals surface area contributed by atoms with Crippen LogP contribution in [-0.2, 0) is 13.5 Å². The summed E-state index contributed by atoms with van der Waals surface area (Å²) in [6.45, 7) is 6.36. The Morgan fingerprint density at radius 2 is 1.85 bits per heavy atom. The number of hydrogen-bond acceptors (Lipinski definition) is 4. The maximum absolute atomic E-state index is 6.08. The Hall–Kier alpha value is -2.47. The average Bonchev–Trinajstić information content (AvgIpc) is 3.17. The predicted octanol–water partition coefficient (Wildman–Crippen LogP) is 4.41. The van der Waals surface area contributed by atoms with Crippen molar-refractivity contribution in [1.29, 1.82) is 0 Å². The SMILES string of the molecule is CCCc1nn(C)c2c1nc(-c1ccc(Cl)cc1)n1c(C(C)C)nnc21. The van der Waals surface area contributed by atoms with Crippen molar-refractivity contribution in [3.63, 3.8) is 0 Å². The first-order valence-electron chi connectivity index (χ1n) is 8.87. The van der Waals surface area contributed by atoms with E-state index in [9.17, 15) is 0 Å². The van der Waals surface area contributed by atoms with E-state index >= 15 is 0 Å². The molecule has 0 atom stereocenters. The van der Waals surface area contributed by atoms with Crippen molar-refractivity contribution in [1.82, 2.24) is 29.4 Å². The third-order valence-corrected chi connectivity index (χ3v) is 4.78. The number of aryl methyl sites for hydroxylation is 2. The van der Waals surface area contributed by atoms with Crippen LogP contribution in [0.2, 0.25) is 5.02 Å². The quantitative estimate of drug-likeness (QED) is 0.535. The topological polar surface area (TPSA) is 60.9 Å². The molecular formula is C19H21ClN6. The summed E-state index contributed by atoms with van der Waals surface area (Å²) in [6.07, 6.45) is 1.89. The molecule has 0 unspecified atom stereocenters. The Balaban J connectivity index is 2.14. The summed E-state index contributed by atoms with van der Waals surface area (Å²) >= 11 is 6.08. The first-order valence-corrected chi connectivity index (χ1v) is 9.25. The number of aromatic nitrogens is 6. The molecule has 0 radical (unpaired) electrons. The van der Waals surface area contributed by atoms with Crippen molar-refractivity contribution in [3.8, 4) is 11.4 Å². The van der Waals surface area contributed by atoms with Crippen molar-refractivity contribution >= 4 is 28.3 Å². The Labute approximate surface area is 156 Å². The minimum atomic E-state index is 0.221. The van der Waals surface area contributed by atoms with E-state index in [0.717, 1.165) is 52.4 Å². The zero-order chi connectivity index (χ0) is 18.4. The molecule has 4 aromatic rings. The molecule has 0 spiro atoms. The lowest BCUT2D eigenvalue weighted by atomic mass is 10.1. The van der Waals surface area contributed by atoms with Crippen molar-refractivity contribution in [2.24, 2.45) is 7.05 Å². The average molecular weight is 369 g/mol. The molecule has 0 amide bonds. The van der Waals surface area contributed by atoms with E-state index in [1.165, 1.54) is 0 Å². The number of hydrogen-bond donors (Lipinski definition) is 0. The molecule has 0 N–H and O–H groups in total. The van der Waals surface area contributed by atoms with E-state index in [0.29, 0.717) is 5.02 Å². The van der Waals surface area contributed by atoms with Crippen LogP contribution in [0.5, 0.6) is 0 Å². The van der Waals surface area contributed by atoms with Crippen LogP contribution in [0.25, 0.3) is 28.1 Å². The van der Waals surface area contributed by atoms with Crippen LogP contribution < -0.4 is 0 Å². The summed E-state index contributed by atoms with van der Waals surface area (Å²) in [7, 11) is 1.94. The van der Waals surface area contributed by atoms with Gasteiger partial charge in [0.05, 0.1) is 5.69 Å². The highest BCUT2D eigenvalue weighted by molar-refractivity contribution is 6.30. The first kappa shape index (κ1) is 17.0. The normalized spacial score (nSPS) is 11.9. The summed E-state index contributed by atoms with van der Waals surface area (Å²) in [4.78, 5) is 5.01. The van der Waals surface area contributed by atoms with Crippen LogP contribution in [-0.4, -0.2) is 29.4 Å². The van der Waals surface area contributed by atoms with Crippen molar-refractivity contribution < 1.29 is 0 Å². The lowest BCUT2D eigenvalue weighted by Crippen LogP contribution is -2.04. The number of halogens is 1. The second-order valence-corrected chi connectivity index (χ2v) is 7.27. The lowest BCUT2D eigenvalue weighted by Gasteiger charge is -2.10. The summed E-state index contributed by atoms with van der Waals surface area (Å²) in [5.74, 6) is 1.93. The van der Waals surface area contributed by atoms with Gasteiger partial charge in [0, 0.05) is 23.6 Å². The van der Waals surface area contributed by atoms with Crippen LogP contribution in [0.1, 0.15) is 44.6 Å². The van der Waals surface area contributed by atoms with Crippen LogP contribution in [0.4, 0.5) is 0 Å². The second-order valence-electron chi connectivity index (χ2n) is 6.83. The van der Waals surface area contributed by atoms with Crippen molar-refractivity contribution in [2.75, 3.05) is 0 Å². The van der Waals surface area contributed by atoms with Gasteiger partial charge in [-0.3, -0.25) is 9.08 Å². The molecule has 0 fully saturated rings. The highest BCUT2D eigenvalue weighted by Gasteiger charge is 2.22. The molecule has 0 saturated heterocycles. The molecule has 0 bridgehead atoms. The van der Waals surface area contributed by atoms with Gasteiger partial charge < -0.3 is 0 Å². The van der Waals surface area contributed by atoms with Crippen LogP contribution >= 0.6 is 11.6 Å². The van der Waals surface area contributed by atoms with Gasteiger partial charge in [-0.25, -0.2) is 4.98 Å². The van der Waals surface area contributed by atoms with Gasteiger partial charge in [0.25, 0.3) is 0 Å². The van der Waals surface area contributed by atoms with Crippen LogP contribution in [0.3, 0.4) is 0 Å². The minimum Gasteiger partial charge on any atom is -0.262 e. The van der Waals surface area contributed by atoms with E-state index in [1.807, 2.05) is 40.4 Å². The van der Waals surface area contributed by atoms with Gasteiger partial charge in [-0.2, -0.15) is 5.10 Å². The number of fused-ring (bicyclic) bond motifs is 3. The van der Waals surface area contributed by atoms with Gasteiger partial charge in [0.1, 0.15) is 22.7 Å². The van der Waals surface area contributed by atoms with Crippen LogP contribution in [0, 0.1) is 0 Å². The van der Waals surface area contributed by atoms with Crippen LogP contribution in [0.15, 0.2) is 24.3 Å². The van der Waals surface area contributed by atoms with Gasteiger partial charge in [-0.05, 0) is 30.7 Å². The van der Waals surface area contributed by atoms with E-state index in [4.69, 9.17) is 16.6 Å². The van der Waals surface area contributed by atoms with Gasteiger partial charge in [-0.15, -0.1) is 10.2 Å². The van der Waals surface area contributed by atoms with E-state index in [1.54, 1.807) is 0 Å². The molecule has 6 nitrogen and oxygen atoms in total. The molecule has 3 heterocycles. The second kappa shape index (κ2) is 6.36. The standard InChI is InChI=1S/C19H21ClN6/c1-5-6-14-15-16(25(4)24-14)19-23-22-17(11(2)3)26(19)18(21-15)12-7-9-13(20)10-8-12/h7-11H,5-6H2,1-4H3. The minimum absolute atomic E-state index is 0.221. The number of nitrogens with zero attached hydrogens (tertiary/aromatic N) is 6. The fraction of sp³-hybridized carbons (Fsp3) is 0.368.